The van der Waals surface area contributed by atoms with Crippen molar-refractivity contribution in [2.24, 2.45) is 0 Å². The largest absolute Gasteiger partial charge is 0.480 e. The Labute approximate surface area is 133 Å². The summed E-state index contributed by atoms with van der Waals surface area (Å²) in [4.78, 5) is 24.0. The van der Waals surface area contributed by atoms with Crippen molar-refractivity contribution in [1.82, 2.24) is 4.90 Å². The van der Waals surface area contributed by atoms with Crippen molar-refractivity contribution in [3.63, 3.8) is 0 Å². The third kappa shape index (κ3) is 5.17. The monoisotopic (exact) mass is 340 g/mol. The number of likely N-dealkylation sites (N-methyl/N-ethyl adjacent to an activating group) is 1. The van der Waals surface area contributed by atoms with Gasteiger partial charge in [0.25, 0.3) is 0 Å². The van der Waals surface area contributed by atoms with Crippen molar-refractivity contribution < 1.29 is 14.7 Å². The topological polar surface area (TPSA) is 69.6 Å². The second kappa shape index (κ2) is 8.32. The lowest BCUT2D eigenvalue weighted by Crippen LogP contribution is -2.40. The zero-order chi connectivity index (χ0) is 14.6. The molecule has 2 N–H and O–H groups in total. The van der Waals surface area contributed by atoms with Crippen molar-refractivity contribution in [3.05, 3.63) is 28.2 Å². The number of rotatable bonds is 5. The molecule has 1 rings (SSSR count). The molecule has 1 aromatic carbocycles. The van der Waals surface area contributed by atoms with Gasteiger partial charge in [0.1, 0.15) is 6.04 Å². The van der Waals surface area contributed by atoms with Gasteiger partial charge in [0.2, 0.25) is 5.91 Å². The van der Waals surface area contributed by atoms with E-state index in [1.165, 1.54) is 11.8 Å². The standard InChI is InChI=1S/C12H14Cl2N2O3.ClH/c1-7(12(18)19)16(2)6-10(17)15-11-8(13)4-3-5-9(11)14;/h3-5,7H,6H2,1-2H3,(H,15,17)(H,18,19);1H. The van der Waals surface area contributed by atoms with Crippen molar-refractivity contribution in [2.75, 3.05) is 18.9 Å². The maximum Gasteiger partial charge on any atom is 0.320 e. The number of hydrogen-bond donors (Lipinski definition) is 2. The zero-order valence-electron chi connectivity index (χ0n) is 10.9. The SMILES string of the molecule is CC(C(=O)O)N(C)CC(=O)Nc1c(Cl)cccc1Cl.Cl. The van der Waals surface area contributed by atoms with Gasteiger partial charge in [-0.2, -0.15) is 0 Å². The Morgan fingerprint density at radius 3 is 2.30 bits per heavy atom. The number of halogens is 3. The lowest BCUT2D eigenvalue weighted by Gasteiger charge is -2.20. The molecule has 20 heavy (non-hydrogen) atoms. The van der Waals surface area contributed by atoms with Gasteiger partial charge >= 0.3 is 5.97 Å². The highest BCUT2D eigenvalue weighted by Crippen LogP contribution is 2.29. The Kier molecular flexibility index (Phi) is 7.90. The van der Waals surface area contributed by atoms with Gasteiger partial charge in [-0.1, -0.05) is 29.3 Å². The molecule has 0 bridgehead atoms. The molecular weight excluding hydrogens is 327 g/mol. The number of carbonyl (C=O) groups is 2. The Morgan fingerprint density at radius 1 is 1.35 bits per heavy atom. The highest BCUT2D eigenvalue weighted by molar-refractivity contribution is 6.39. The van der Waals surface area contributed by atoms with Crippen LogP contribution in [0.3, 0.4) is 0 Å². The van der Waals surface area contributed by atoms with Gasteiger partial charge in [0.15, 0.2) is 0 Å². The number of anilines is 1. The Hall–Kier alpha value is -1.01. The molecule has 0 aliphatic carbocycles. The second-order valence-electron chi connectivity index (χ2n) is 4.07. The van der Waals surface area contributed by atoms with Crippen LogP contribution in [-0.2, 0) is 9.59 Å². The van der Waals surface area contributed by atoms with E-state index in [0.717, 1.165) is 0 Å². The minimum atomic E-state index is -0.994. The molecule has 0 saturated heterocycles. The summed E-state index contributed by atoms with van der Waals surface area (Å²) in [7, 11) is 1.55. The summed E-state index contributed by atoms with van der Waals surface area (Å²) in [5, 5.41) is 12.1. The second-order valence-corrected chi connectivity index (χ2v) is 4.89. The Morgan fingerprint density at radius 2 is 1.85 bits per heavy atom. The first-order chi connectivity index (χ1) is 8.82. The van der Waals surface area contributed by atoms with Crippen LogP contribution >= 0.6 is 35.6 Å². The molecule has 1 aromatic rings. The number of aliphatic carboxylic acids is 1. The molecule has 0 spiro atoms. The van der Waals surface area contributed by atoms with E-state index >= 15 is 0 Å². The van der Waals surface area contributed by atoms with Crippen LogP contribution < -0.4 is 5.32 Å². The van der Waals surface area contributed by atoms with E-state index in [4.69, 9.17) is 28.3 Å². The molecule has 5 nitrogen and oxygen atoms in total. The maximum absolute atomic E-state index is 11.8. The minimum Gasteiger partial charge on any atom is -0.480 e. The summed E-state index contributed by atoms with van der Waals surface area (Å²) in [5.41, 5.74) is 0.326. The minimum absolute atomic E-state index is 0. The molecule has 1 amide bonds. The van der Waals surface area contributed by atoms with Gasteiger partial charge in [-0.25, -0.2) is 0 Å². The summed E-state index contributed by atoms with van der Waals surface area (Å²) in [6.07, 6.45) is 0. The third-order valence-corrected chi connectivity index (χ3v) is 3.27. The Bertz CT molecular complexity index is 477. The number of nitrogens with zero attached hydrogens (tertiary/aromatic N) is 1. The average Bonchev–Trinajstić information content (AvgIpc) is 2.32. The molecule has 0 aromatic heterocycles. The van der Waals surface area contributed by atoms with Crippen molar-refractivity contribution in [2.45, 2.75) is 13.0 Å². The summed E-state index contributed by atoms with van der Waals surface area (Å²) >= 11 is 11.8. The molecule has 0 saturated carbocycles. The van der Waals surface area contributed by atoms with Gasteiger partial charge in [0.05, 0.1) is 22.3 Å². The lowest BCUT2D eigenvalue weighted by molar-refractivity contribution is -0.142. The predicted octanol–water partition coefficient (Wildman–Crippen LogP) is 2.76. The number of benzene rings is 1. The molecule has 0 radical (unpaired) electrons. The number of para-hydroxylation sites is 1. The highest BCUT2D eigenvalue weighted by Gasteiger charge is 2.19. The van der Waals surface area contributed by atoms with Gasteiger partial charge in [-0.3, -0.25) is 14.5 Å². The van der Waals surface area contributed by atoms with Crippen LogP contribution in [0.5, 0.6) is 0 Å². The van der Waals surface area contributed by atoms with Gasteiger partial charge in [-0.15, -0.1) is 12.4 Å². The third-order valence-electron chi connectivity index (χ3n) is 2.64. The summed E-state index contributed by atoms with van der Waals surface area (Å²) in [6, 6.07) is 4.12. The van der Waals surface area contributed by atoms with Crippen molar-refractivity contribution >= 4 is 53.2 Å². The fourth-order valence-electron chi connectivity index (χ4n) is 1.35. The van der Waals surface area contributed by atoms with E-state index < -0.39 is 12.0 Å². The molecule has 8 heteroatoms. The number of nitrogens with one attached hydrogen (secondary N) is 1. The number of hydrogen-bond acceptors (Lipinski definition) is 3. The predicted molar refractivity (Wildman–Crippen MR) is 82.1 cm³/mol. The molecule has 0 aliphatic heterocycles. The van der Waals surface area contributed by atoms with Crippen LogP contribution in [0.15, 0.2) is 18.2 Å². The summed E-state index contributed by atoms with van der Waals surface area (Å²) in [6.45, 7) is 1.42. The first kappa shape index (κ1) is 19.0. The number of carboxylic acid groups (broad SMARTS) is 1. The zero-order valence-corrected chi connectivity index (χ0v) is 13.2. The Balaban J connectivity index is 0.00000361. The molecular formula is C12H15Cl3N2O3. The van der Waals surface area contributed by atoms with E-state index in [-0.39, 0.29) is 24.9 Å². The molecule has 0 aliphatic rings. The number of amides is 1. The quantitative estimate of drug-likeness (QED) is 0.864. The van der Waals surface area contributed by atoms with Gasteiger partial charge < -0.3 is 10.4 Å². The van der Waals surface area contributed by atoms with Crippen LogP contribution in [0, 0.1) is 0 Å². The summed E-state index contributed by atoms with van der Waals surface area (Å²) in [5.74, 6) is -1.38. The van der Waals surface area contributed by atoms with Crippen LogP contribution in [0.25, 0.3) is 0 Å². The molecule has 0 fully saturated rings. The van der Waals surface area contributed by atoms with Crippen LogP contribution in [0.4, 0.5) is 5.69 Å². The maximum atomic E-state index is 11.8. The molecule has 1 unspecified atom stereocenters. The van der Waals surface area contributed by atoms with Crippen molar-refractivity contribution in [3.8, 4) is 0 Å². The van der Waals surface area contributed by atoms with Gasteiger partial charge in [-0.05, 0) is 26.1 Å². The average molecular weight is 342 g/mol. The fraction of sp³-hybridized carbons (Fsp3) is 0.333. The van der Waals surface area contributed by atoms with Crippen LogP contribution in [-0.4, -0.2) is 41.5 Å². The van der Waals surface area contributed by atoms with E-state index in [2.05, 4.69) is 5.32 Å². The first-order valence-corrected chi connectivity index (χ1v) is 6.25. The molecule has 0 heterocycles. The van der Waals surface area contributed by atoms with Crippen LogP contribution in [0.2, 0.25) is 10.0 Å². The van der Waals surface area contributed by atoms with E-state index in [9.17, 15) is 9.59 Å². The van der Waals surface area contributed by atoms with E-state index in [1.54, 1.807) is 25.2 Å². The van der Waals surface area contributed by atoms with E-state index in [1.807, 2.05) is 0 Å². The summed E-state index contributed by atoms with van der Waals surface area (Å²) < 4.78 is 0. The van der Waals surface area contributed by atoms with Crippen molar-refractivity contribution in [1.29, 1.82) is 0 Å². The van der Waals surface area contributed by atoms with Gasteiger partial charge in [0, 0.05) is 0 Å². The fourth-order valence-corrected chi connectivity index (χ4v) is 1.84. The lowest BCUT2D eigenvalue weighted by atomic mass is 10.3. The first-order valence-electron chi connectivity index (χ1n) is 5.50. The number of carbonyl (C=O) groups excluding carboxylic acids is 1. The smallest absolute Gasteiger partial charge is 0.320 e. The molecule has 112 valence electrons. The highest BCUT2D eigenvalue weighted by atomic mass is 35.5. The van der Waals surface area contributed by atoms with E-state index in [0.29, 0.717) is 15.7 Å². The normalized spacial score (nSPS) is 11.7. The van der Waals surface area contributed by atoms with Crippen LogP contribution in [0.1, 0.15) is 6.92 Å². The number of carboxylic acids is 1. The molecule has 1 atom stereocenters.